The second kappa shape index (κ2) is 7.82. The van der Waals surface area contributed by atoms with Crippen LogP contribution in [-0.2, 0) is 4.74 Å². The summed E-state index contributed by atoms with van der Waals surface area (Å²) in [7, 11) is 0. The Bertz CT molecular complexity index is 436. The second-order valence-corrected chi connectivity index (χ2v) is 4.94. The summed E-state index contributed by atoms with van der Waals surface area (Å²) in [5.41, 5.74) is 8.08. The van der Waals surface area contributed by atoms with Crippen LogP contribution in [-0.4, -0.2) is 48.9 Å². The fourth-order valence-corrected chi connectivity index (χ4v) is 2.41. The van der Waals surface area contributed by atoms with Gasteiger partial charge in [0.05, 0.1) is 18.9 Å². The van der Waals surface area contributed by atoms with E-state index >= 15 is 0 Å². The summed E-state index contributed by atoms with van der Waals surface area (Å²) < 4.78 is 10.5. The molecule has 2 rings (SSSR count). The van der Waals surface area contributed by atoms with E-state index in [4.69, 9.17) is 15.0 Å². The number of hydrogen-bond acceptors (Lipinski definition) is 4. The standard InChI is InChI=1S/C13H22N4O2.HI/c1-9(12-10(2)16-19-11(12)3)8-15-13(14)17-4-6-18-7-5-17;/h9H,4-8H2,1-3H3,(H2,14,15);1H. The van der Waals surface area contributed by atoms with Crippen LogP contribution in [0.1, 0.15) is 29.9 Å². The number of rotatable bonds is 3. The van der Waals surface area contributed by atoms with Gasteiger partial charge >= 0.3 is 0 Å². The summed E-state index contributed by atoms with van der Waals surface area (Å²) in [6.45, 7) is 9.71. The minimum atomic E-state index is 0. The average molecular weight is 394 g/mol. The lowest BCUT2D eigenvalue weighted by atomic mass is 10.00. The van der Waals surface area contributed by atoms with Gasteiger partial charge in [-0.25, -0.2) is 0 Å². The van der Waals surface area contributed by atoms with Crippen molar-refractivity contribution in [2.75, 3.05) is 32.8 Å². The molecule has 0 amide bonds. The maximum Gasteiger partial charge on any atom is 0.191 e. The third kappa shape index (κ3) is 4.08. The predicted molar refractivity (Wildman–Crippen MR) is 88.7 cm³/mol. The average Bonchev–Trinajstić information content (AvgIpc) is 2.76. The molecule has 1 aromatic heterocycles. The molecule has 1 aromatic rings. The molecule has 1 aliphatic heterocycles. The van der Waals surface area contributed by atoms with Crippen LogP contribution in [0, 0.1) is 13.8 Å². The summed E-state index contributed by atoms with van der Waals surface area (Å²) >= 11 is 0. The molecule has 1 fully saturated rings. The minimum Gasteiger partial charge on any atom is -0.378 e. The smallest absolute Gasteiger partial charge is 0.191 e. The topological polar surface area (TPSA) is 76.9 Å². The molecule has 1 saturated heterocycles. The zero-order chi connectivity index (χ0) is 13.8. The Hall–Kier alpha value is -0.830. The Balaban J connectivity index is 0.00000200. The lowest BCUT2D eigenvalue weighted by Crippen LogP contribution is -2.45. The van der Waals surface area contributed by atoms with Crippen LogP contribution >= 0.6 is 24.0 Å². The van der Waals surface area contributed by atoms with Crippen LogP contribution < -0.4 is 5.73 Å². The number of ether oxygens (including phenoxy) is 1. The third-order valence-corrected chi connectivity index (χ3v) is 3.44. The van der Waals surface area contributed by atoms with E-state index in [1.54, 1.807) is 0 Å². The van der Waals surface area contributed by atoms with Gasteiger partial charge in [-0.05, 0) is 13.8 Å². The number of guanidine groups is 1. The number of aliphatic imine (C=N–C) groups is 1. The van der Waals surface area contributed by atoms with Crippen LogP contribution in [0.3, 0.4) is 0 Å². The van der Waals surface area contributed by atoms with Crippen LogP contribution in [0.25, 0.3) is 0 Å². The van der Waals surface area contributed by atoms with Crippen LogP contribution in [0.2, 0.25) is 0 Å². The zero-order valence-corrected chi connectivity index (χ0v) is 14.6. The normalized spacial score (nSPS) is 17.8. The summed E-state index contributed by atoms with van der Waals surface area (Å²) in [4.78, 5) is 6.54. The Morgan fingerprint density at radius 2 is 2.05 bits per heavy atom. The van der Waals surface area contributed by atoms with Crippen LogP contribution in [0.5, 0.6) is 0 Å². The maximum absolute atomic E-state index is 6.01. The van der Waals surface area contributed by atoms with E-state index in [1.807, 2.05) is 13.8 Å². The molecule has 2 heterocycles. The lowest BCUT2D eigenvalue weighted by molar-refractivity contribution is 0.0674. The van der Waals surface area contributed by atoms with Gasteiger partial charge in [0.2, 0.25) is 0 Å². The van der Waals surface area contributed by atoms with E-state index in [9.17, 15) is 0 Å². The zero-order valence-electron chi connectivity index (χ0n) is 12.3. The van der Waals surface area contributed by atoms with Crippen molar-refractivity contribution in [3.8, 4) is 0 Å². The Labute approximate surface area is 136 Å². The van der Waals surface area contributed by atoms with E-state index in [2.05, 4.69) is 22.0 Å². The highest BCUT2D eigenvalue weighted by molar-refractivity contribution is 14.0. The van der Waals surface area contributed by atoms with E-state index in [1.165, 1.54) is 0 Å². The van der Waals surface area contributed by atoms with Crippen molar-refractivity contribution >= 4 is 29.9 Å². The SMILES string of the molecule is Cc1noc(C)c1C(C)CN=C(N)N1CCOCC1.I. The molecule has 20 heavy (non-hydrogen) atoms. The van der Waals surface area contributed by atoms with Crippen molar-refractivity contribution in [3.05, 3.63) is 17.0 Å². The van der Waals surface area contributed by atoms with Gasteiger partial charge in [-0.1, -0.05) is 12.1 Å². The van der Waals surface area contributed by atoms with Gasteiger partial charge in [0.15, 0.2) is 5.96 Å². The molecule has 0 bridgehead atoms. The van der Waals surface area contributed by atoms with E-state index in [0.717, 1.165) is 43.3 Å². The quantitative estimate of drug-likeness (QED) is 0.480. The molecule has 0 spiro atoms. The monoisotopic (exact) mass is 394 g/mol. The van der Waals surface area contributed by atoms with Gasteiger partial charge in [0, 0.05) is 31.1 Å². The van der Waals surface area contributed by atoms with Gasteiger partial charge in [-0.15, -0.1) is 24.0 Å². The highest BCUT2D eigenvalue weighted by Gasteiger charge is 2.17. The first-order valence-corrected chi connectivity index (χ1v) is 6.65. The summed E-state index contributed by atoms with van der Waals surface area (Å²) in [5, 5.41) is 3.97. The maximum atomic E-state index is 6.01. The fourth-order valence-electron chi connectivity index (χ4n) is 2.41. The Morgan fingerprint density at radius 3 is 2.60 bits per heavy atom. The fraction of sp³-hybridized carbons (Fsp3) is 0.692. The van der Waals surface area contributed by atoms with E-state index in [0.29, 0.717) is 12.5 Å². The van der Waals surface area contributed by atoms with Crippen LogP contribution in [0.4, 0.5) is 0 Å². The van der Waals surface area contributed by atoms with Crippen molar-refractivity contribution in [2.24, 2.45) is 10.7 Å². The van der Waals surface area contributed by atoms with Crippen molar-refractivity contribution in [1.29, 1.82) is 0 Å². The number of aromatic nitrogens is 1. The van der Waals surface area contributed by atoms with Crippen molar-refractivity contribution < 1.29 is 9.26 Å². The highest BCUT2D eigenvalue weighted by atomic mass is 127. The number of nitrogens with zero attached hydrogens (tertiary/aromatic N) is 3. The molecule has 0 aromatic carbocycles. The van der Waals surface area contributed by atoms with Crippen LogP contribution in [0.15, 0.2) is 9.52 Å². The molecule has 2 N–H and O–H groups in total. The van der Waals surface area contributed by atoms with Gasteiger partial charge in [0.1, 0.15) is 5.76 Å². The first-order valence-electron chi connectivity index (χ1n) is 6.65. The molecule has 1 aliphatic rings. The van der Waals surface area contributed by atoms with Gasteiger partial charge in [-0.3, -0.25) is 4.99 Å². The van der Waals surface area contributed by atoms with Crippen molar-refractivity contribution in [1.82, 2.24) is 10.1 Å². The largest absolute Gasteiger partial charge is 0.378 e. The van der Waals surface area contributed by atoms with Gasteiger partial charge in [-0.2, -0.15) is 0 Å². The molecular formula is C13H23IN4O2. The first kappa shape index (κ1) is 17.2. The molecule has 0 aliphatic carbocycles. The number of halogens is 1. The van der Waals surface area contributed by atoms with Crippen molar-refractivity contribution in [3.63, 3.8) is 0 Å². The van der Waals surface area contributed by atoms with E-state index < -0.39 is 0 Å². The highest BCUT2D eigenvalue weighted by Crippen LogP contribution is 2.23. The summed E-state index contributed by atoms with van der Waals surface area (Å²) in [5.74, 6) is 1.72. The summed E-state index contributed by atoms with van der Waals surface area (Å²) in [6.07, 6.45) is 0. The molecular weight excluding hydrogens is 371 g/mol. The molecule has 1 unspecified atom stereocenters. The lowest BCUT2D eigenvalue weighted by Gasteiger charge is -2.27. The first-order chi connectivity index (χ1) is 9.09. The Kier molecular flexibility index (Phi) is 6.74. The third-order valence-electron chi connectivity index (χ3n) is 3.44. The number of aryl methyl sites for hydroxylation is 2. The number of hydrogen-bond donors (Lipinski definition) is 1. The van der Waals surface area contributed by atoms with Gasteiger partial charge in [0.25, 0.3) is 0 Å². The Morgan fingerprint density at radius 1 is 1.40 bits per heavy atom. The van der Waals surface area contributed by atoms with E-state index in [-0.39, 0.29) is 29.9 Å². The van der Waals surface area contributed by atoms with Gasteiger partial charge < -0.3 is 19.9 Å². The summed E-state index contributed by atoms with van der Waals surface area (Å²) in [6, 6.07) is 0. The number of morpholine rings is 1. The van der Waals surface area contributed by atoms with Crippen molar-refractivity contribution in [2.45, 2.75) is 26.7 Å². The molecule has 0 radical (unpaired) electrons. The molecule has 6 nitrogen and oxygen atoms in total. The molecule has 1 atom stereocenters. The molecule has 7 heteroatoms. The minimum absolute atomic E-state index is 0. The second-order valence-electron chi connectivity index (χ2n) is 4.94. The predicted octanol–water partition coefficient (Wildman–Crippen LogP) is 1.66. The molecule has 114 valence electrons. The molecule has 0 saturated carbocycles. The number of nitrogens with two attached hydrogens (primary N) is 1.